The summed E-state index contributed by atoms with van der Waals surface area (Å²) in [5.41, 5.74) is 9.26. The average molecular weight is 74.1 g/mol. The topological polar surface area (TPSA) is 88.2 Å². The maximum Gasteiger partial charge on any atom is 0.210 e. The predicted molar refractivity (Wildman–Crippen MR) is 18.9 cm³/mol. The summed E-state index contributed by atoms with van der Waals surface area (Å²) >= 11 is 0. The van der Waals surface area contributed by atoms with Gasteiger partial charge in [-0.2, -0.15) is 0 Å². The fraction of sp³-hybridized carbons (Fsp3) is 0. The summed E-state index contributed by atoms with van der Waals surface area (Å²) in [4.78, 5) is 0. The van der Waals surface area contributed by atoms with E-state index in [-0.39, 0.29) is 5.96 Å². The van der Waals surface area contributed by atoms with E-state index >= 15 is 0 Å². The van der Waals surface area contributed by atoms with Crippen molar-refractivity contribution in [2.24, 2.45) is 16.6 Å². The van der Waals surface area contributed by atoms with Crippen LogP contribution in [0.4, 0.5) is 0 Å². The van der Waals surface area contributed by atoms with Gasteiger partial charge in [-0.15, -0.1) is 5.10 Å². The van der Waals surface area contributed by atoms with E-state index in [2.05, 4.69) is 16.6 Å². The van der Waals surface area contributed by atoms with Gasteiger partial charge in [-0.25, -0.2) is 5.84 Å². The highest BCUT2D eigenvalue weighted by Gasteiger charge is 1.63. The van der Waals surface area contributed by atoms with Gasteiger partial charge in [0.25, 0.3) is 0 Å². The lowest BCUT2D eigenvalue weighted by Crippen LogP contribution is -2.22. The molecule has 0 aromatic heterocycles. The normalized spacial score (nSPS) is 6.40. The van der Waals surface area contributed by atoms with E-state index in [1.54, 1.807) is 0 Å². The van der Waals surface area contributed by atoms with E-state index in [0.717, 1.165) is 0 Å². The Morgan fingerprint density at radius 2 is 1.80 bits per heavy atom. The Kier molecular flexibility index (Phi) is 1.14. The van der Waals surface area contributed by atoms with Gasteiger partial charge in [-0.05, 0) is 0 Å². The molecule has 0 saturated carbocycles. The fourth-order valence-electron chi connectivity index (χ4n) is 0. The van der Waals surface area contributed by atoms with Crippen LogP contribution in [-0.2, 0) is 0 Å². The monoisotopic (exact) mass is 74.1 g/mol. The number of hydrogen-bond donors (Lipinski definition) is 2. The molecule has 0 spiro atoms. The van der Waals surface area contributed by atoms with Crippen molar-refractivity contribution in [1.82, 2.24) is 5.84 Å². The average Bonchev–Trinajstić information content (AvgIpc) is 1.38. The van der Waals surface area contributed by atoms with Crippen LogP contribution in [-0.4, -0.2) is 5.96 Å². The van der Waals surface area contributed by atoms with Crippen LogP contribution in [0.25, 0.3) is 0 Å². The van der Waals surface area contributed by atoms with Crippen LogP contribution >= 0.6 is 0 Å². The van der Waals surface area contributed by atoms with Crippen molar-refractivity contribution < 1.29 is 0 Å². The van der Waals surface area contributed by atoms with Crippen molar-refractivity contribution in [2.45, 2.75) is 0 Å². The van der Waals surface area contributed by atoms with Gasteiger partial charge >= 0.3 is 0 Å². The van der Waals surface area contributed by atoms with Crippen molar-refractivity contribution in [3.8, 4) is 0 Å². The molecule has 0 amide bonds. The van der Waals surface area contributed by atoms with Crippen LogP contribution in [0.3, 0.4) is 0 Å². The molecule has 5 heavy (non-hydrogen) atoms. The minimum Gasteiger partial charge on any atom is -0.369 e. The van der Waals surface area contributed by atoms with E-state index in [9.17, 15) is 0 Å². The zero-order valence-corrected chi connectivity index (χ0v) is 2.60. The molecule has 4 nitrogen and oxygen atoms in total. The molecule has 1 radical (unpaired) electrons. The minimum absolute atomic E-state index is 0.204. The minimum atomic E-state index is -0.204. The number of nitrogens with two attached hydrogens (primary N) is 2. The number of nitrogens with zero attached hydrogens (tertiary/aromatic N) is 1. The van der Waals surface area contributed by atoms with E-state index < -0.39 is 0 Å². The zero-order valence-electron chi connectivity index (χ0n) is 2.60. The first-order valence-electron chi connectivity index (χ1n) is 1.02. The smallest absolute Gasteiger partial charge is 0.210 e. The van der Waals surface area contributed by atoms with E-state index in [1.807, 2.05) is 0 Å². The summed E-state index contributed by atoms with van der Waals surface area (Å²) in [6.45, 7) is 0. The van der Waals surface area contributed by atoms with Crippen molar-refractivity contribution in [1.29, 1.82) is 0 Å². The summed E-state index contributed by atoms with van der Waals surface area (Å²) in [7, 11) is 0. The van der Waals surface area contributed by atoms with Gasteiger partial charge in [0.15, 0.2) is 0 Å². The highest BCUT2D eigenvalue weighted by molar-refractivity contribution is 5.75. The third kappa shape index (κ3) is 3.07. The highest BCUT2D eigenvalue weighted by atomic mass is 15.3. The first-order chi connectivity index (χ1) is 2.27. The lowest BCUT2D eigenvalue weighted by Gasteiger charge is -1.75. The van der Waals surface area contributed by atoms with Gasteiger partial charge in [-0.1, -0.05) is 0 Å². The van der Waals surface area contributed by atoms with Crippen LogP contribution < -0.4 is 17.3 Å². The second kappa shape index (κ2) is 1.40. The Hall–Kier alpha value is -0.930. The van der Waals surface area contributed by atoms with Crippen LogP contribution in [0.1, 0.15) is 0 Å². The first-order valence-corrected chi connectivity index (χ1v) is 1.02. The second-order valence-corrected chi connectivity index (χ2v) is 0.537. The summed E-state index contributed by atoms with van der Waals surface area (Å²) < 4.78 is 0. The Morgan fingerprint density at radius 3 is 1.80 bits per heavy atom. The maximum atomic E-state index is 6.00. The lowest BCUT2D eigenvalue weighted by atomic mass is 11.8. The third-order valence-electron chi connectivity index (χ3n) is 0.129. The molecule has 0 aliphatic heterocycles. The molecule has 5 N–H and O–H groups in total. The molecular formula is CH5N4. The molecule has 0 saturated heterocycles. The van der Waals surface area contributed by atoms with Crippen LogP contribution in [0.5, 0.6) is 0 Å². The molecule has 29 valence electrons. The Morgan fingerprint density at radius 1 is 1.60 bits per heavy atom. The number of rotatable bonds is 0. The molecule has 0 unspecified atom stereocenters. The Bertz CT molecular complexity index is 41.6. The van der Waals surface area contributed by atoms with E-state index in [0.29, 0.717) is 0 Å². The molecule has 0 aromatic carbocycles. The molecule has 4 heteroatoms. The van der Waals surface area contributed by atoms with Gasteiger partial charge in [0.2, 0.25) is 5.96 Å². The SMILES string of the molecule is [NH]N=[13C](N)N. The van der Waals surface area contributed by atoms with Crippen LogP contribution in [0, 0.1) is 0 Å². The predicted octanol–water partition coefficient (Wildman–Crippen LogP) is -1.54. The summed E-state index contributed by atoms with van der Waals surface area (Å²) in [6, 6.07) is 0. The Balaban J connectivity index is 3.14. The summed E-state index contributed by atoms with van der Waals surface area (Å²) in [6.07, 6.45) is 0. The van der Waals surface area contributed by atoms with Gasteiger partial charge in [0.1, 0.15) is 0 Å². The maximum absolute atomic E-state index is 6.00. The number of nitrogens with one attached hydrogen (secondary N) is 1. The molecule has 0 aromatic rings. The van der Waals surface area contributed by atoms with Crippen molar-refractivity contribution in [2.75, 3.05) is 0 Å². The lowest BCUT2D eigenvalue weighted by molar-refractivity contribution is 1.16. The van der Waals surface area contributed by atoms with Gasteiger partial charge < -0.3 is 11.5 Å². The standard InChI is InChI=1S/CH5N4/c2-1(3)5-4/h4H,(H4,2,3,5)/i1+1. The van der Waals surface area contributed by atoms with Crippen molar-refractivity contribution in [3.63, 3.8) is 0 Å². The molecule has 0 bridgehead atoms. The number of guanidine groups is 1. The molecule has 0 aliphatic rings. The van der Waals surface area contributed by atoms with E-state index in [4.69, 9.17) is 5.84 Å². The first kappa shape index (κ1) is 4.07. The largest absolute Gasteiger partial charge is 0.369 e. The zero-order chi connectivity index (χ0) is 4.28. The molecule has 0 aliphatic carbocycles. The highest BCUT2D eigenvalue weighted by Crippen LogP contribution is 1.36. The molecule has 0 fully saturated rings. The fourth-order valence-corrected chi connectivity index (χ4v) is 0. The van der Waals surface area contributed by atoms with Gasteiger partial charge in [-0.3, -0.25) is 0 Å². The van der Waals surface area contributed by atoms with Crippen molar-refractivity contribution in [3.05, 3.63) is 0 Å². The quantitative estimate of drug-likeness (QED) is 0.158. The molecule has 0 atom stereocenters. The summed E-state index contributed by atoms with van der Waals surface area (Å²) in [5.74, 6) is 5.79. The Labute approximate surface area is 29.6 Å². The van der Waals surface area contributed by atoms with Crippen molar-refractivity contribution >= 4 is 5.96 Å². The molecule has 0 rings (SSSR count). The molecule has 0 heterocycles. The molecular weight excluding hydrogens is 69.0 g/mol. The summed E-state index contributed by atoms with van der Waals surface area (Å²) in [5, 5.41) is 2.61. The van der Waals surface area contributed by atoms with E-state index in [1.165, 1.54) is 0 Å². The van der Waals surface area contributed by atoms with Gasteiger partial charge in [0.05, 0.1) is 0 Å². The van der Waals surface area contributed by atoms with Crippen LogP contribution in [0.2, 0.25) is 0 Å². The number of hydrogen-bond acceptors (Lipinski definition) is 1. The second-order valence-electron chi connectivity index (χ2n) is 0.537. The van der Waals surface area contributed by atoms with Crippen LogP contribution in [0.15, 0.2) is 5.10 Å². The van der Waals surface area contributed by atoms with Gasteiger partial charge in [0, 0.05) is 0 Å². The third-order valence-corrected chi connectivity index (χ3v) is 0.129.